The molecule has 1 aliphatic heterocycles. The predicted molar refractivity (Wildman–Crippen MR) is 112 cm³/mol. The first kappa shape index (κ1) is 22.0. The van der Waals surface area contributed by atoms with E-state index in [0.29, 0.717) is 24.8 Å². The van der Waals surface area contributed by atoms with Gasteiger partial charge in [0.05, 0.1) is 29.3 Å². The van der Waals surface area contributed by atoms with Gasteiger partial charge in [-0.3, -0.25) is 4.79 Å². The Balaban J connectivity index is 0.00000231. The minimum atomic E-state index is -1.62. The summed E-state index contributed by atoms with van der Waals surface area (Å²) >= 11 is 0. The molecule has 10 heteroatoms. The van der Waals surface area contributed by atoms with Crippen molar-refractivity contribution in [2.75, 3.05) is 18.0 Å². The number of fused-ring (bicyclic) bond motifs is 2. The molecular weight excluding hydrogens is 435 g/mol. The number of aryl methyl sites for hydroxylation is 1. The summed E-state index contributed by atoms with van der Waals surface area (Å²) in [7, 11) is 0. The molecule has 2 heterocycles. The molecule has 168 valence electrons. The maximum atomic E-state index is 15.4. The van der Waals surface area contributed by atoms with Crippen molar-refractivity contribution in [3.8, 4) is 0 Å². The Morgan fingerprint density at radius 1 is 1.32 bits per heavy atom. The molecule has 0 unspecified atom stereocenters. The van der Waals surface area contributed by atoms with Crippen LogP contribution in [-0.2, 0) is 0 Å². The van der Waals surface area contributed by atoms with Crippen LogP contribution in [-0.4, -0.2) is 46.1 Å². The molecule has 6 nitrogen and oxygen atoms in total. The molecule has 2 aliphatic carbocycles. The lowest BCUT2D eigenvalue weighted by Gasteiger charge is -2.27. The zero-order valence-electron chi connectivity index (χ0n) is 16.8. The Labute approximate surface area is 182 Å². The van der Waals surface area contributed by atoms with Crippen LogP contribution < -0.4 is 16.1 Å². The highest BCUT2D eigenvalue weighted by atomic mass is 35.5. The smallest absolute Gasteiger partial charge is 0.341 e. The molecule has 3 N–H and O–H groups in total. The number of halogens is 4. The largest absolute Gasteiger partial charge is 0.477 e. The van der Waals surface area contributed by atoms with Gasteiger partial charge in [-0.1, -0.05) is 0 Å². The number of anilines is 1. The summed E-state index contributed by atoms with van der Waals surface area (Å²) in [5.74, 6) is -2.20. The van der Waals surface area contributed by atoms with Crippen molar-refractivity contribution in [1.82, 2.24) is 4.57 Å². The van der Waals surface area contributed by atoms with Crippen molar-refractivity contribution < 1.29 is 23.1 Å². The number of aromatic nitrogens is 1. The monoisotopic (exact) mass is 457 g/mol. The number of hydrogen-bond donors (Lipinski definition) is 2. The van der Waals surface area contributed by atoms with Crippen LogP contribution in [0.1, 0.15) is 47.6 Å². The van der Waals surface area contributed by atoms with Crippen molar-refractivity contribution in [2.45, 2.75) is 56.0 Å². The Hall–Kier alpha value is -2.26. The summed E-state index contributed by atoms with van der Waals surface area (Å²) < 4.78 is 45.9. The Bertz CT molecular complexity index is 1150. The van der Waals surface area contributed by atoms with Crippen LogP contribution in [0.2, 0.25) is 0 Å². The average molecular weight is 458 g/mol. The number of alkyl halides is 2. The molecule has 3 aliphatic rings. The number of aromatic carboxylic acids is 1. The van der Waals surface area contributed by atoms with Gasteiger partial charge in [0, 0.05) is 24.5 Å². The number of benzene rings is 1. The van der Waals surface area contributed by atoms with E-state index in [4.69, 9.17) is 5.73 Å². The molecule has 1 aromatic carbocycles. The Morgan fingerprint density at radius 2 is 2.00 bits per heavy atom. The zero-order valence-corrected chi connectivity index (χ0v) is 17.6. The van der Waals surface area contributed by atoms with E-state index >= 15 is 8.78 Å². The van der Waals surface area contributed by atoms with Gasteiger partial charge in [-0.05, 0) is 37.8 Å². The van der Waals surface area contributed by atoms with E-state index < -0.39 is 46.2 Å². The van der Waals surface area contributed by atoms with Crippen LogP contribution in [0, 0.1) is 12.7 Å². The van der Waals surface area contributed by atoms with Gasteiger partial charge in [-0.15, -0.1) is 12.4 Å². The molecule has 0 amide bonds. The molecule has 0 bridgehead atoms. The van der Waals surface area contributed by atoms with Gasteiger partial charge in [0.2, 0.25) is 5.43 Å². The molecule has 5 rings (SSSR count). The highest BCUT2D eigenvalue weighted by Gasteiger charge is 2.60. The molecule has 0 spiro atoms. The predicted octanol–water partition coefficient (Wildman–Crippen LogP) is 3.26. The Kier molecular flexibility index (Phi) is 4.86. The van der Waals surface area contributed by atoms with E-state index in [1.54, 1.807) is 11.8 Å². The van der Waals surface area contributed by atoms with Crippen molar-refractivity contribution in [3.63, 3.8) is 0 Å². The Morgan fingerprint density at radius 3 is 2.58 bits per heavy atom. The van der Waals surface area contributed by atoms with Gasteiger partial charge in [0.1, 0.15) is 23.2 Å². The van der Waals surface area contributed by atoms with Gasteiger partial charge in [0.15, 0.2) is 0 Å². The number of carboxylic acid groups (broad SMARTS) is 1. The fourth-order valence-electron chi connectivity index (χ4n) is 5.38. The average Bonchev–Trinajstić information content (AvgIpc) is 3.22. The van der Waals surface area contributed by atoms with Gasteiger partial charge in [-0.2, -0.15) is 0 Å². The lowest BCUT2D eigenvalue weighted by atomic mass is 9.89. The molecule has 2 saturated carbocycles. The first-order valence-electron chi connectivity index (χ1n) is 10.0. The summed E-state index contributed by atoms with van der Waals surface area (Å²) in [5.41, 5.74) is 3.04. The second-order valence-electron chi connectivity index (χ2n) is 8.96. The van der Waals surface area contributed by atoms with E-state index in [1.807, 2.05) is 0 Å². The van der Waals surface area contributed by atoms with Crippen LogP contribution in [0.25, 0.3) is 10.9 Å². The zero-order chi connectivity index (χ0) is 21.6. The van der Waals surface area contributed by atoms with Gasteiger partial charge in [-0.25, -0.2) is 18.0 Å². The third-order valence-corrected chi connectivity index (χ3v) is 7.07. The van der Waals surface area contributed by atoms with Crippen molar-refractivity contribution in [3.05, 3.63) is 39.4 Å². The SMILES string of the molecule is Cc1c(N2C[C@]3(N)CCC[C@]3(F)C2)c(F)cc2c(=O)c(C(=O)O)cn([C@@H]3C[C@@H]3F)c12.Cl. The number of hydrogen-bond acceptors (Lipinski definition) is 4. The fourth-order valence-corrected chi connectivity index (χ4v) is 5.38. The maximum Gasteiger partial charge on any atom is 0.341 e. The standard InChI is InChI=1S/C21H22F3N3O3.ClH/c1-10-16-11(18(28)12(19(29)30)7-27(16)15-6-13(15)22)5-14(23)17(10)26-8-20(24)3-2-4-21(20,25)9-26;/h5,7,13,15H,2-4,6,8-9,25H2,1H3,(H,29,30);1H/t13-,15+,20-,21+;/m0./s1. The van der Waals surface area contributed by atoms with E-state index in [9.17, 15) is 19.1 Å². The van der Waals surface area contributed by atoms with E-state index in [1.165, 1.54) is 4.57 Å². The molecule has 31 heavy (non-hydrogen) atoms. The number of carboxylic acids is 1. The first-order valence-corrected chi connectivity index (χ1v) is 10.0. The molecule has 1 saturated heterocycles. The van der Waals surface area contributed by atoms with Crippen LogP contribution in [0.4, 0.5) is 18.9 Å². The molecule has 0 radical (unpaired) electrons. The third kappa shape index (κ3) is 2.96. The molecule has 3 fully saturated rings. The van der Waals surface area contributed by atoms with Crippen LogP contribution in [0.3, 0.4) is 0 Å². The highest BCUT2D eigenvalue weighted by Crippen LogP contribution is 2.49. The number of pyridine rings is 1. The molecule has 4 atom stereocenters. The minimum absolute atomic E-state index is 0. The van der Waals surface area contributed by atoms with Gasteiger partial charge < -0.3 is 20.3 Å². The highest BCUT2D eigenvalue weighted by molar-refractivity contribution is 5.95. The summed E-state index contributed by atoms with van der Waals surface area (Å²) in [6, 6.07) is 0.371. The van der Waals surface area contributed by atoms with E-state index in [-0.39, 0.29) is 48.5 Å². The first-order chi connectivity index (χ1) is 14.1. The van der Waals surface area contributed by atoms with Gasteiger partial charge in [0.25, 0.3) is 0 Å². The lowest BCUT2D eigenvalue weighted by Crippen LogP contribution is -2.53. The number of carbonyl (C=O) groups is 1. The van der Waals surface area contributed by atoms with Crippen LogP contribution in [0.15, 0.2) is 17.1 Å². The van der Waals surface area contributed by atoms with E-state index in [0.717, 1.165) is 12.3 Å². The quantitative estimate of drug-likeness (QED) is 0.738. The summed E-state index contributed by atoms with van der Waals surface area (Å²) in [5, 5.41) is 9.25. The number of nitrogens with two attached hydrogens (primary N) is 1. The number of rotatable bonds is 3. The maximum absolute atomic E-state index is 15.4. The lowest BCUT2D eigenvalue weighted by molar-refractivity contribution is 0.0694. The second-order valence-corrected chi connectivity index (χ2v) is 8.96. The topological polar surface area (TPSA) is 88.6 Å². The minimum Gasteiger partial charge on any atom is -0.477 e. The number of nitrogens with zero attached hydrogens (tertiary/aromatic N) is 2. The molecule has 1 aromatic heterocycles. The fraction of sp³-hybridized carbons (Fsp3) is 0.524. The van der Waals surface area contributed by atoms with Crippen molar-refractivity contribution >= 4 is 35.0 Å². The van der Waals surface area contributed by atoms with Crippen molar-refractivity contribution in [2.24, 2.45) is 5.73 Å². The molecule has 2 aromatic rings. The summed E-state index contributed by atoms with van der Waals surface area (Å²) in [4.78, 5) is 25.8. The summed E-state index contributed by atoms with van der Waals surface area (Å²) in [6.07, 6.45) is 1.65. The third-order valence-electron chi connectivity index (χ3n) is 7.07. The normalized spacial score (nSPS) is 31.6. The van der Waals surface area contributed by atoms with Crippen molar-refractivity contribution in [1.29, 1.82) is 0 Å². The van der Waals surface area contributed by atoms with Gasteiger partial charge >= 0.3 is 5.97 Å². The van der Waals surface area contributed by atoms with Crippen LogP contribution in [0.5, 0.6) is 0 Å². The van der Waals surface area contributed by atoms with Crippen LogP contribution >= 0.6 is 12.4 Å². The second kappa shape index (κ2) is 6.87. The molecular formula is C21H23ClF3N3O3. The summed E-state index contributed by atoms with van der Waals surface area (Å²) in [6.45, 7) is 1.67. The van der Waals surface area contributed by atoms with E-state index in [2.05, 4.69) is 0 Å².